The second-order valence-corrected chi connectivity index (χ2v) is 10.3. The molecule has 0 spiro atoms. The first kappa shape index (κ1) is 24.5. The van der Waals surface area contributed by atoms with E-state index in [1.165, 1.54) is 12.1 Å². The Hall–Kier alpha value is -3.22. The van der Waals surface area contributed by atoms with E-state index in [1.807, 2.05) is 31.2 Å². The smallest absolute Gasteiger partial charge is 0.407 e. The van der Waals surface area contributed by atoms with Crippen molar-refractivity contribution in [2.45, 2.75) is 51.7 Å². The molecule has 1 aromatic carbocycles. The van der Waals surface area contributed by atoms with E-state index >= 15 is 0 Å². The van der Waals surface area contributed by atoms with Crippen LogP contribution in [0.2, 0.25) is 0 Å². The van der Waals surface area contributed by atoms with Crippen LogP contribution in [-0.4, -0.2) is 35.8 Å². The molecule has 2 aromatic rings. The van der Waals surface area contributed by atoms with Crippen molar-refractivity contribution in [1.82, 2.24) is 10.3 Å². The number of alkyl carbamates (subject to hydrolysis) is 1. The SMILES string of the molecule is CCOC(=O)NC1CCC2[C@@H](C1)C[C@H]1C(=O)O[C@@H](C)C1[C@H]2/C=C/c1ccc(-c2cccc(F)c2)cn1. The molecule has 5 rings (SSSR count). The number of ether oxygens (including phenoxy) is 2. The maximum absolute atomic E-state index is 13.6. The first-order valence-electron chi connectivity index (χ1n) is 13.0. The molecule has 1 N–H and O–H groups in total. The van der Waals surface area contributed by atoms with Crippen LogP contribution in [0.25, 0.3) is 17.2 Å². The van der Waals surface area contributed by atoms with Crippen molar-refractivity contribution in [3.05, 3.63) is 60.2 Å². The lowest BCUT2D eigenvalue weighted by Crippen LogP contribution is -2.48. The Morgan fingerprint density at radius 1 is 1.22 bits per heavy atom. The Labute approximate surface area is 211 Å². The molecule has 2 aliphatic carbocycles. The van der Waals surface area contributed by atoms with Gasteiger partial charge >= 0.3 is 12.1 Å². The van der Waals surface area contributed by atoms with Crippen LogP contribution in [0.1, 0.15) is 45.2 Å². The number of cyclic esters (lactones) is 1. The van der Waals surface area contributed by atoms with Crippen molar-refractivity contribution < 1.29 is 23.5 Å². The van der Waals surface area contributed by atoms with Crippen molar-refractivity contribution in [2.75, 3.05) is 6.61 Å². The molecule has 2 saturated carbocycles. The summed E-state index contributed by atoms with van der Waals surface area (Å²) < 4.78 is 24.3. The lowest BCUT2D eigenvalue weighted by molar-refractivity contribution is -0.144. The molecule has 36 heavy (non-hydrogen) atoms. The Balaban J connectivity index is 1.34. The van der Waals surface area contributed by atoms with E-state index in [0.717, 1.165) is 42.5 Å². The number of hydrogen-bond acceptors (Lipinski definition) is 5. The van der Waals surface area contributed by atoms with Crippen molar-refractivity contribution in [3.8, 4) is 11.1 Å². The van der Waals surface area contributed by atoms with Gasteiger partial charge in [0.15, 0.2) is 0 Å². The van der Waals surface area contributed by atoms with Gasteiger partial charge in [-0.15, -0.1) is 0 Å². The number of nitrogens with zero attached hydrogens (tertiary/aromatic N) is 1. The number of carbonyl (C=O) groups excluding carboxylic acids is 2. The van der Waals surface area contributed by atoms with Gasteiger partial charge in [0.2, 0.25) is 0 Å². The van der Waals surface area contributed by atoms with Crippen LogP contribution in [0.3, 0.4) is 0 Å². The van der Waals surface area contributed by atoms with Crippen LogP contribution in [0, 0.1) is 35.4 Å². The average Bonchev–Trinajstić information content (AvgIpc) is 3.15. The highest BCUT2D eigenvalue weighted by atomic mass is 19.1. The van der Waals surface area contributed by atoms with E-state index < -0.39 is 0 Å². The predicted octanol–water partition coefficient (Wildman–Crippen LogP) is 5.63. The predicted molar refractivity (Wildman–Crippen MR) is 134 cm³/mol. The fourth-order valence-electron chi connectivity index (χ4n) is 6.64. The number of esters is 1. The van der Waals surface area contributed by atoms with Crippen LogP contribution in [-0.2, 0) is 14.3 Å². The quantitative estimate of drug-likeness (QED) is 0.548. The number of benzene rings is 1. The summed E-state index contributed by atoms with van der Waals surface area (Å²) in [5, 5.41) is 3.00. The third-order valence-electron chi connectivity index (χ3n) is 8.18. The molecular weight excluding hydrogens is 459 g/mol. The van der Waals surface area contributed by atoms with Gasteiger partial charge in [0.25, 0.3) is 0 Å². The Morgan fingerprint density at radius 2 is 2.08 bits per heavy atom. The van der Waals surface area contributed by atoms with Gasteiger partial charge in [0, 0.05) is 23.7 Å². The first-order valence-corrected chi connectivity index (χ1v) is 13.0. The highest BCUT2D eigenvalue weighted by molar-refractivity contribution is 5.75. The van der Waals surface area contributed by atoms with Crippen LogP contribution in [0.4, 0.5) is 9.18 Å². The van der Waals surface area contributed by atoms with Gasteiger partial charge in [-0.1, -0.05) is 24.3 Å². The Morgan fingerprint density at radius 3 is 2.83 bits per heavy atom. The molecule has 3 unspecified atom stereocenters. The maximum atomic E-state index is 13.6. The molecule has 1 aliphatic heterocycles. The van der Waals surface area contributed by atoms with Crippen LogP contribution < -0.4 is 5.32 Å². The molecule has 0 bridgehead atoms. The summed E-state index contributed by atoms with van der Waals surface area (Å²) in [4.78, 5) is 29.2. The molecule has 190 valence electrons. The topological polar surface area (TPSA) is 77.5 Å². The van der Waals surface area contributed by atoms with Crippen molar-refractivity contribution in [2.24, 2.45) is 29.6 Å². The minimum atomic E-state index is -0.368. The number of amides is 1. The summed E-state index contributed by atoms with van der Waals surface area (Å²) in [5.74, 6) is 0.629. The number of nitrogens with one attached hydrogen (secondary N) is 1. The number of rotatable bonds is 5. The van der Waals surface area contributed by atoms with Crippen LogP contribution in [0.15, 0.2) is 48.7 Å². The summed E-state index contributed by atoms with van der Waals surface area (Å²) in [7, 11) is 0. The fraction of sp³-hybridized carbons (Fsp3) is 0.483. The van der Waals surface area contributed by atoms with E-state index in [2.05, 4.69) is 16.4 Å². The highest BCUT2D eigenvalue weighted by Crippen LogP contribution is 2.53. The molecule has 1 amide bonds. The van der Waals surface area contributed by atoms with Crippen molar-refractivity contribution in [3.63, 3.8) is 0 Å². The summed E-state index contributed by atoms with van der Waals surface area (Å²) in [5.41, 5.74) is 2.48. The lowest BCUT2D eigenvalue weighted by atomic mass is 9.57. The number of carbonyl (C=O) groups is 2. The van der Waals surface area contributed by atoms with Gasteiger partial charge in [-0.3, -0.25) is 9.78 Å². The second-order valence-electron chi connectivity index (χ2n) is 10.3. The first-order chi connectivity index (χ1) is 17.4. The van der Waals surface area contributed by atoms with Gasteiger partial charge < -0.3 is 14.8 Å². The van der Waals surface area contributed by atoms with Gasteiger partial charge in [0.05, 0.1) is 18.2 Å². The van der Waals surface area contributed by atoms with Crippen LogP contribution >= 0.6 is 0 Å². The van der Waals surface area contributed by atoms with E-state index in [-0.39, 0.29) is 47.8 Å². The molecule has 0 radical (unpaired) electrons. The minimum absolute atomic E-state index is 0.0679. The molecule has 1 saturated heterocycles. The Kier molecular flexibility index (Phi) is 7.08. The maximum Gasteiger partial charge on any atom is 0.407 e. The number of pyridine rings is 1. The highest BCUT2D eigenvalue weighted by Gasteiger charge is 2.54. The number of aromatic nitrogens is 1. The van der Waals surface area contributed by atoms with Gasteiger partial charge in [-0.2, -0.15) is 0 Å². The molecule has 6 nitrogen and oxygen atoms in total. The van der Waals surface area contributed by atoms with Gasteiger partial charge in [0.1, 0.15) is 11.9 Å². The average molecular weight is 493 g/mol. The molecule has 7 heteroatoms. The summed E-state index contributed by atoms with van der Waals surface area (Å²) in [6.45, 7) is 4.15. The zero-order valence-corrected chi connectivity index (χ0v) is 20.7. The zero-order chi connectivity index (χ0) is 25.2. The summed E-state index contributed by atoms with van der Waals surface area (Å²) in [6, 6.07) is 10.4. The van der Waals surface area contributed by atoms with E-state index in [4.69, 9.17) is 9.47 Å². The third-order valence-corrected chi connectivity index (χ3v) is 8.18. The van der Waals surface area contributed by atoms with Gasteiger partial charge in [-0.25, -0.2) is 9.18 Å². The molecule has 3 aliphatic rings. The van der Waals surface area contributed by atoms with Crippen molar-refractivity contribution in [1.29, 1.82) is 0 Å². The fourth-order valence-corrected chi connectivity index (χ4v) is 6.64. The number of halogens is 1. The molecule has 2 heterocycles. The van der Waals surface area contributed by atoms with Crippen molar-refractivity contribution >= 4 is 18.1 Å². The third kappa shape index (κ3) is 5.01. The largest absolute Gasteiger partial charge is 0.462 e. The summed E-state index contributed by atoms with van der Waals surface area (Å²) >= 11 is 0. The zero-order valence-electron chi connectivity index (χ0n) is 20.7. The van der Waals surface area contributed by atoms with Crippen LogP contribution in [0.5, 0.6) is 0 Å². The monoisotopic (exact) mass is 492 g/mol. The van der Waals surface area contributed by atoms with E-state index in [0.29, 0.717) is 18.4 Å². The molecule has 3 fully saturated rings. The van der Waals surface area contributed by atoms with E-state index in [9.17, 15) is 14.0 Å². The van der Waals surface area contributed by atoms with Gasteiger partial charge in [-0.05, 0) is 87.1 Å². The standard InChI is InChI=1S/C29H33FN2O4/c1-3-35-29(34)32-23-10-11-24-20(14-23)15-26-27(17(2)36-28(26)33)25(24)12-9-22-8-7-19(16-31-22)18-5-4-6-21(30)13-18/h4-9,12-13,16-17,20,23-27H,3,10-11,14-15H2,1-2H3,(H,32,34)/b12-9+/t17-,20-,23?,24?,25-,26+,27?/m0/s1. The number of allylic oxidation sites excluding steroid dienone is 1. The Bertz CT molecular complexity index is 1130. The number of hydrogen-bond donors (Lipinski definition) is 1. The normalized spacial score (nSPS) is 31.4. The molecule has 1 aromatic heterocycles. The molecular formula is C29H33FN2O4. The lowest BCUT2D eigenvalue weighted by Gasteiger charge is -2.47. The van der Waals surface area contributed by atoms with E-state index in [1.54, 1.807) is 19.2 Å². The summed E-state index contributed by atoms with van der Waals surface area (Å²) in [6.07, 6.45) is 9.07. The minimum Gasteiger partial charge on any atom is -0.462 e. The molecule has 7 atom stereocenters. The number of fused-ring (bicyclic) bond motifs is 2. The second kappa shape index (κ2) is 10.4.